The smallest absolute Gasteiger partial charge is 0.312 e. The fourth-order valence-electron chi connectivity index (χ4n) is 4.41. The van der Waals surface area contributed by atoms with Crippen molar-refractivity contribution >= 4 is 50.6 Å². The van der Waals surface area contributed by atoms with Gasteiger partial charge in [0.05, 0.1) is 38.4 Å². The second kappa shape index (κ2) is 10.9. The average molecular weight is 621 g/mol. The Morgan fingerprint density at radius 3 is 2.55 bits per heavy atom. The van der Waals surface area contributed by atoms with Crippen molar-refractivity contribution in [3.05, 3.63) is 123 Å². The summed E-state index contributed by atoms with van der Waals surface area (Å²) in [6.45, 7) is 1.72. The largest absolute Gasteiger partial charge is 0.501 e. The number of carbonyl (C=O) groups is 1. The van der Waals surface area contributed by atoms with Crippen LogP contribution < -0.4 is 24.9 Å². The van der Waals surface area contributed by atoms with Gasteiger partial charge in [-0.3, -0.25) is 24.3 Å². The quantitative estimate of drug-likeness (QED) is 0.244. The summed E-state index contributed by atoms with van der Waals surface area (Å²) in [6, 6.07) is 17.9. The maximum Gasteiger partial charge on any atom is 0.312 e. The van der Waals surface area contributed by atoms with Crippen LogP contribution in [0.25, 0.3) is 6.08 Å². The number of carbonyl (C=O) groups excluding carboxylic acids is 1. The predicted octanol–water partition coefficient (Wildman–Crippen LogP) is 4.26. The van der Waals surface area contributed by atoms with Crippen LogP contribution in [0.3, 0.4) is 0 Å². The number of para-hydroxylation sites is 1. The minimum atomic E-state index is -0.797. The molecular weight excluding hydrogens is 600 g/mol. The third kappa shape index (κ3) is 5.06. The molecule has 1 aromatic heterocycles. The number of nitro groups is 1. The van der Waals surface area contributed by atoms with Crippen molar-refractivity contribution in [3.63, 3.8) is 0 Å². The van der Waals surface area contributed by atoms with Gasteiger partial charge in [0.2, 0.25) is 5.75 Å². The van der Waals surface area contributed by atoms with E-state index in [1.54, 1.807) is 62.6 Å². The molecule has 2 heterocycles. The number of allylic oxidation sites excluding steroid dienone is 1. The first-order valence-electron chi connectivity index (χ1n) is 11.9. The number of nitro benzene ring substituents is 1. The first-order valence-corrected chi connectivity index (χ1v) is 13.5. The Kier molecular flexibility index (Phi) is 7.37. The monoisotopic (exact) mass is 620 g/mol. The van der Waals surface area contributed by atoms with Gasteiger partial charge in [-0.25, -0.2) is 4.99 Å². The molecule has 0 saturated carbocycles. The Morgan fingerprint density at radius 2 is 1.90 bits per heavy atom. The van der Waals surface area contributed by atoms with Gasteiger partial charge in [-0.05, 0) is 70.4 Å². The molecule has 0 bridgehead atoms. The Morgan fingerprint density at radius 1 is 1.20 bits per heavy atom. The lowest BCUT2D eigenvalue weighted by atomic mass is 9.95. The molecule has 0 spiro atoms. The molecule has 10 nitrogen and oxygen atoms in total. The number of fused-ring (bicyclic) bond motifs is 1. The van der Waals surface area contributed by atoms with Crippen LogP contribution in [0.5, 0.6) is 11.5 Å². The van der Waals surface area contributed by atoms with E-state index in [-0.39, 0.29) is 9.01 Å². The normalized spacial score (nSPS) is 14.9. The summed E-state index contributed by atoms with van der Waals surface area (Å²) in [4.78, 5) is 43.1. The standard InChI is InChI=1S/C28H21BrN4O6S/c1-15-23(26(35)31-18-6-4-3-5-7-18)24(17-8-10-19(39-2)11-9-17)32-27(36)22(40-28(32)30-15)14-16-12-20(29)25(34)21(13-16)33(37)38/h3-14,24,34H,1-2H3,(H,31,35)/b22-14+/t24-/m1/s1. The van der Waals surface area contributed by atoms with Crippen LogP contribution >= 0.6 is 27.3 Å². The highest BCUT2D eigenvalue weighted by molar-refractivity contribution is 9.10. The number of halogens is 1. The van der Waals surface area contributed by atoms with Gasteiger partial charge in [0, 0.05) is 11.8 Å². The van der Waals surface area contributed by atoms with E-state index < -0.39 is 33.9 Å². The Hall–Kier alpha value is -4.55. The zero-order valence-electron chi connectivity index (χ0n) is 21.1. The number of benzene rings is 3. The third-order valence-corrected chi connectivity index (χ3v) is 7.88. The first kappa shape index (κ1) is 27.0. The van der Waals surface area contributed by atoms with Gasteiger partial charge in [-0.2, -0.15) is 0 Å². The maximum atomic E-state index is 13.8. The number of hydrogen-bond acceptors (Lipinski definition) is 8. The molecule has 0 aliphatic carbocycles. The molecule has 2 N–H and O–H groups in total. The Labute approximate surface area is 239 Å². The van der Waals surface area contributed by atoms with Crippen molar-refractivity contribution in [3.8, 4) is 11.5 Å². The number of aromatic nitrogens is 1. The summed E-state index contributed by atoms with van der Waals surface area (Å²) in [5, 5.41) is 24.3. The van der Waals surface area contributed by atoms with Gasteiger partial charge in [0.15, 0.2) is 4.80 Å². The Bertz CT molecular complexity index is 1860. The minimum absolute atomic E-state index is 0.118. The number of phenols is 1. The van der Waals surface area contributed by atoms with Crippen LogP contribution in [-0.2, 0) is 4.79 Å². The van der Waals surface area contributed by atoms with Crippen molar-refractivity contribution in [2.45, 2.75) is 13.0 Å². The van der Waals surface area contributed by atoms with Crippen molar-refractivity contribution in [1.82, 2.24) is 4.57 Å². The molecule has 1 aliphatic heterocycles. The number of hydrogen-bond donors (Lipinski definition) is 2. The number of rotatable bonds is 6. The molecule has 0 unspecified atom stereocenters. The minimum Gasteiger partial charge on any atom is -0.501 e. The molecular formula is C28H21BrN4O6S. The summed E-state index contributed by atoms with van der Waals surface area (Å²) in [6.07, 6.45) is 1.50. The lowest BCUT2D eigenvalue weighted by Gasteiger charge is -2.25. The zero-order valence-corrected chi connectivity index (χ0v) is 23.5. The second-order valence-corrected chi connectivity index (χ2v) is 10.7. The number of phenolic OH excluding ortho intramolecular Hbond substituents is 1. The van der Waals surface area contributed by atoms with E-state index in [1.165, 1.54) is 22.8 Å². The zero-order chi connectivity index (χ0) is 28.6. The summed E-state index contributed by atoms with van der Waals surface area (Å²) in [7, 11) is 1.55. The average Bonchev–Trinajstić information content (AvgIpc) is 3.24. The van der Waals surface area contributed by atoms with E-state index in [9.17, 15) is 24.8 Å². The SMILES string of the molecule is COc1ccc([C@@H]2C(C(=O)Nc3ccccc3)=C(C)N=c3s/c(=C/c4cc(Br)c(O)c([N+](=O)[O-])c4)c(=O)n32)cc1. The molecule has 1 aliphatic rings. The lowest BCUT2D eigenvalue weighted by molar-refractivity contribution is -0.386. The molecule has 3 aromatic carbocycles. The topological polar surface area (TPSA) is 136 Å². The van der Waals surface area contributed by atoms with E-state index >= 15 is 0 Å². The highest BCUT2D eigenvalue weighted by atomic mass is 79.9. The number of aromatic hydroxyl groups is 1. The van der Waals surface area contributed by atoms with Crippen LogP contribution in [0.4, 0.5) is 11.4 Å². The molecule has 12 heteroatoms. The Balaban J connectivity index is 1.68. The van der Waals surface area contributed by atoms with Crippen LogP contribution in [0.15, 0.2) is 92.3 Å². The number of amides is 1. The fourth-order valence-corrected chi connectivity index (χ4v) is 5.93. The van der Waals surface area contributed by atoms with Gasteiger partial charge >= 0.3 is 5.69 Å². The van der Waals surface area contributed by atoms with Gasteiger partial charge in [0.25, 0.3) is 11.5 Å². The maximum absolute atomic E-state index is 13.8. The number of nitrogens with one attached hydrogen (secondary N) is 1. The number of anilines is 1. The van der Waals surface area contributed by atoms with Crippen LogP contribution in [0.2, 0.25) is 0 Å². The summed E-state index contributed by atoms with van der Waals surface area (Å²) >= 11 is 4.23. The van der Waals surface area contributed by atoms with Crippen molar-refractivity contribution in [2.24, 2.45) is 4.99 Å². The third-order valence-electron chi connectivity index (χ3n) is 6.29. The van der Waals surface area contributed by atoms with E-state index in [0.717, 1.165) is 11.3 Å². The molecule has 0 saturated heterocycles. The van der Waals surface area contributed by atoms with Gasteiger partial charge in [-0.15, -0.1) is 0 Å². The van der Waals surface area contributed by atoms with E-state index in [0.29, 0.717) is 38.6 Å². The number of thiazole rings is 1. The molecule has 5 rings (SSSR count). The van der Waals surface area contributed by atoms with Crippen molar-refractivity contribution in [1.29, 1.82) is 0 Å². The van der Waals surface area contributed by atoms with Crippen molar-refractivity contribution < 1.29 is 19.6 Å². The number of methoxy groups -OCH3 is 1. The molecule has 4 aromatic rings. The number of nitrogens with zero attached hydrogens (tertiary/aromatic N) is 3. The molecule has 1 amide bonds. The second-order valence-electron chi connectivity index (χ2n) is 8.80. The fraction of sp³-hybridized carbons (Fsp3) is 0.107. The summed E-state index contributed by atoms with van der Waals surface area (Å²) in [5.41, 5.74) is 1.43. The predicted molar refractivity (Wildman–Crippen MR) is 154 cm³/mol. The van der Waals surface area contributed by atoms with Gasteiger partial charge < -0.3 is 15.2 Å². The molecule has 40 heavy (non-hydrogen) atoms. The summed E-state index contributed by atoms with van der Waals surface area (Å²) in [5.74, 6) is -0.292. The highest BCUT2D eigenvalue weighted by Crippen LogP contribution is 2.35. The van der Waals surface area contributed by atoms with Gasteiger partial charge in [0.1, 0.15) is 5.75 Å². The van der Waals surface area contributed by atoms with E-state index in [4.69, 9.17) is 4.74 Å². The highest BCUT2D eigenvalue weighted by Gasteiger charge is 2.32. The van der Waals surface area contributed by atoms with E-state index in [2.05, 4.69) is 26.2 Å². The molecule has 202 valence electrons. The molecule has 1 atom stereocenters. The van der Waals surface area contributed by atoms with E-state index in [1.807, 2.05) is 6.07 Å². The number of ether oxygens (including phenoxy) is 1. The first-order chi connectivity index (χ1) is 19.2. The molecule has 0 radical (unpaired) electrons. The lowest BCUT2D eigenvalue weighted by Crippen LogP contribution is -2.40. The summed E-state index contributed by atoms with van der Waals surface area (Å²) < 4.78 is 7.11. The van der Waals surface area contributed by atoms with Crippen LogP contribution in [0.1, 0.15) is 24.1 Å². The molecule has 0 fully saturated rings. The van der Waals surface area contributed by atoms with Crippen molar-refractivity contribution in [2.75, 3.05) is 12.4 Å². The van der Waals surface area contributed by atoms with Crippen LogP contribution in [-0.4, -0.2) is 27.6 Å². The van der Waals surface area contributed by atoms with Gasteiger partial charge in [-0.1, -0.05) is 41.7 Å². The van der Waals surface area contributed by atoms with Crippen LogP contribution in [0, 0.1) is 10.1 Å².